The van der Waals surface area contributed by atoms with E-state index in [0.717, 1.165) is 32.1 Å². The van der Waals surface area contributed by atoms with Crippen molar-refractivity contribution in [3.05, 3.63) is 0 Å². The molecule has 21 heavy (non-hydrogen) atoms. The molecule has 0 aromatic heterocycles. The zero-order chi connectivity index (χ0) is 15.7. The van der Waals surface area contributed by atoms with Crippen LogP contribution in [-0.4, -0.2) is 35.7 Å². The molecule has 2 N–H and O–H groups in total. The second-order valence-corrected chi connectivity index (χ2v) is 5.96. The Hall–Kier alpha value is -1.10. The second-order valence-electron chi connectivity index (χ2n) is 5.96. The van der Waals surface area contributed by atoms with Gasteiger partial charge in [0.1, 0.15) is 6.10 Å². The van der Waals surface area contributed by atoms with Crippen molar-refractivity contribution < 1.29 is 19.4 Å². The summed E-state index contributed by atoms with van der Waals surface area (Å²) in [5.74, 6) is -1.57. The quantitative estimate of drug-likeness (QED) is 0.676. The number of rotatable bonds is 8. The molecule has 1 rings (SSSR count). The van der Waals surface area contributed by atoms with Crippen molar-refractivity contribution in [1.29, 1.82) is 0 Å². The topological polar surface area (TPSA) is 75.6 Å². The molecule has 0 aromatic carbocycles. The van der Waals surface area contributed by atoms with E-state index in [1.54, 1.807) is 6.92 Å². The Morgan fingerprint density at radius 3 is 2.38 bits per heavy atom. The van der Waals surface area contributed by atoms with Crippen LogP contribution >= 0.6 is 0 Å². The summed E-state index contributed by atoms with van der Waals surface area (Å²) in [6.07, 6.45) is 7.89. The highest BCUT2D eigenvalue weighted by molar-refractivity contribution is 5.81. The van der Waals surface area contributed by atoms with E-state index in [0.29, 0.717) is 6.42 Å². The number of ether oxygens (including phenoxy) is 1. The van der Waals surface area contributed by atoms with Gasteiger partial charge in [-0.2, -0.15) is 0 Å². The monoisotopic (exact) mass is 299 g/mol. The van der Waals surface area contributed by atoms with Gasteiger partial charge in [-0.3, -0.25) is 9.59 Å². The first-order chi connectivity index (χ1) is 10.0. The Morgan fingerprint density at radius 1 is 1.24 bits per heavy atom. The van der Waals surface area contributed by atoms with Gasteiger partial charge in [0.2, 0.25) is 5.91 Å². The number of nitrogens with one attached hydrogen (secondary N) is 1. The lowest BCUT2D eigenvalue weighted by molar-refractivity contribution is -0.142. The Balaban J connectivity index is 2.34. The van der Waals surface area contributed by atoms with Crippen molar-refractivity contribution in [3.8, 4) is 0 Å². The minimum absolute atomic E-state index is 0.166. The van der Waals surface area contributed by atoms with Gasteiger partial charge in [0.05, 0.1) is 12.0 Å². The van der Waals surface area contributed by atoms with Gasteiger partial charge in [-0.05, 0) is 26.2 Å². The van der Waals surface area contributed by atoms with Crippen molar-refractivity contribution in [1.82, 2.24) is 5.32 Å². The second kappa shape index (κ2) is 9.77. The highest BCUT2D eigenvalue weighted by Gasteiger charge is 2.22. The normalized spacial score (nSPS) is 19.5. The number of carboxylic acid groups (broad SMARTS) is 1. The van der Waals surface area contributed by atoms with E-state index in [1.165, 1.54) is 12.8 Å². The molecule has 0 bridgehead atoms. The predicted octanol–water partition coefficient (Wildman–Crippen LogP) is 2.73. The van der Waals surface area contributed by atoms with Gasteiger partial charge in [0.25, 0.3) is 0 Å². The average Bonchev–Trinajstić information content (AvgIpc) is 2.71. The third kappa shape index (κ3) is 6.93. The van der Waals surface area contributed by atoms with Crippen LogP contribution in [0, 0.1) is 5.92 Å². The molecule has 122 valence electrons. The van der Waals surface area contributed by atoms with E-state index in [9.17, 15) is 9.59 Å². The fraction of sp³-hybridized carbons (Fsp3) is 0.875. The molecule has 2 atom stereocenters. The van der Waals surface area contributed by atoms with Crippen LogP contribution in [0.1, 0.15) is 65.2 Å². The van der Waals surface area contributed by atoms with Crippen molar-refractivity contribution >= 4 is 11.9 Å². The predicted molar refractivity (Wildman–Crippen MR) is 81.1 cm³/mol. The maximum Gasteiger partial charge on any atom is 0.308 e. The Kier molecular flexibility index (Phi) is 8.35. The maximum absolute atomic E-state index is 12.0. The fourth-order valence-corrected chi connectivity index (χ4v) is 2.76. The van der Waals surface area contributed by atoms with Crippen molar-refractivity contribution in [2.45, 2.75) is 77.4 Å². The van der Waals surface area contributed by atoms with Crippen LogP contribution < -0.4 is 5.32 Å². The molecule has 0 radical (unpaired) electrons. The number of amides is 1. The van der Waals surface area contributed by atoms with Gasteiger partial charge in [-0.25, -0.2) is 0 Å². The molecule has 0 aromatic rings. The molecule has 1 amide bonds. The molecule has 0 aliphatic heterocycles. The molecule has 1 aliphatic carbocycles. The molecule has 5 nitrogen and oxygen atoms in total. The number of carboxylic acids is 1. The SMILES string of the molecule is CCCC(CNC(=O)C(C)OC1CCCCCC1)C(=O)O. The van der Waals surface area contributed by atoms with Crippen molar-refractivity contribution in [2.24, 2.45) is 5.92 Å². The molecule has 2 unspecified atom stereocenters. The van der Waals surface area contributed by atoms with Crippen LogP contribution in [0.4, 0.5) is 0 Å². The number of hydrogen-bond donors (Lipinski definition) is 2. The highest BCUT2D eigenvalue weighted by atomic mass is 16.5. The zero-order valence-electron chi connectivity index (χ0n) is 13.3. The van der Waals surface area contributed by atoms with Gasteiger partial charge in [-0.1, -0.05) is 39.0 Å². The van der Waals surface area contributed by atoms with E-state index in [2.05, 4.69) is 5.32 Å². The summed E-state index contributed by atoms with van der Waals surface area (Å²) in [5, 5.41) is 11.8. The largest absolute Gasteiger partial charge is 0.481 e. The summed E-state index contributed by atoms with van der Waals surface area (Å²) in [6, 6.07) is 0. The summed E-state index contributed by atoms with van der Waals surface area (Å²) in [7, 11) is 0. The van der Waals surface area contributed by atoms with Gasteiger partial charge in [-0.15, -0.1) is 0 Å². The lowest BCUT2D eigenvalue weighted by atomic mass is 10.0. The number of carbonyl (C=O) groups is 2. The lowest BCUT2D eigenvalue weighted by Crippen LogP contribution is -2.40. The Bertz CT molecular complexity index is 324. The Labute approximate surface area is 127 Å². The third-order valence-corrected chi connectivity index (χ3v) is 4.08. The minimum Gasteiger partial charge on any atom is -0.481 e. The molecule has 5 heteroatoms. The molecule has 1 fully saturated rings. The van der Waals surface area contributed by atoms with Gasteiger partial charge in [0.15, 0.2) is 0 Å². The highest BCUT2D eigenvalue weighted by Crippen LogP contribution is 2.21. The Morgan fingerprint density at radius 2 is 1.86 bits per heavy atom. The molecule has 0 saturated heterocycles. The van der Waals surface area contributed by atoms with Crippen molar-refractivity contribution in [2.75, 3.05) is 6.54 Å². The third-order valence-electron chi connectivity index (χ3n) is 4.08. The van der Waals surface area contributed by atoms with Crippen LogP contribution in [0.25, 0.3) is 0 Å². The molecule has 1 saturated carbocycles. The van der Waals surface area contributed by atoms with E-state index in [1.807, 2.05) is 6.92 Å². The first-order valence-corrected chi connectivity index (χ1v) is 8.20. The van der Waals surface area contributed by atoms with Crippen LogP contribution in [0.2, 0.25) is 0 Å². The number of carbonyl (C=O) groups excluding carboxylic acids is 1. The standard InChI is InChI=1S/C16H29NO4/c1-3-8-13(16(19)20)11-17-15(18)12(2)21-14-9-6-4-5-7-10-14/h12-14H,3-11H2,1-2H3,(H,17,18)(H,19,20). The van der Waals surface area contributed by atoms with E-state index >= 15 is 0 Å². The van der Waals surface area contributed by atoms with Crippen molar-refractivity contribution in [3.63, 3.8) is 0 Å². The number of hydrogen-bond acceptors (Lipinski definition) is 3. The zero-order valence-corrected chi connectivity index (χ0v) is 13.3. The molecule has 1 aliphatic rings. The smallest absolute Gasteiger partial charge is 0.308 e. The molecular formula is C16H29NO4. The molecule has 0 heterocycles. The summed E-state index contributed by atoms with van der Waals surface area (Å²) in [5.41, 5.74) is 0. The first-order valence-electron chi connectivity index (χ1n) is 8.20. The molecular weight excluding hydrogens is 270 g/mol. The van der Waals surface area contributed by atoms with E-state index in [4.69, 9.17) is 9.84 Å². The van der Waals surface area contributed by atoms with Crippen LogP contribution in [-0.2, 0) is 14.3 Å². The van der Waals surface area contributed by atoms with Gasteiger partial charge >= 0.3 is 5.97 Å². The summed E-state index contributed by atoms with van der Waals surface area (Å²) in [6.45, 7) is 3.87. The van der Waals surface area contributed by atoms with Crippen LogP contribution in [0.15, 0.2) is 0 Å². The summed E-state index contributed by atoms with van der Waals surface area (Å²) < 4.78 is 5.83. The molecule has 0 spiro atoms. The van der Waals surface area contributed by atoms with Gasteiger partial charge < -0.3 is 15.2 Å². The van der Waals surface area contributed by atoms with Gasteiger partial charge in [0, 0.05) is 6.54 Å². The first kappa shape index (κ1) is 18.0. The van der Waals surface area contributed by atoms with Crippen LogP contribution in [0.3, 0.4) is 0 Å². The van der Waals surface area contributed by atoms with E-state index in [-0.39, 0.29) is 18.6 Å². The average molecular weight is 299 g/mol. The maximum atomic E-state index is 12.0. The van der Waals surface area contributed by atoms with Crippen LogP contribution in [0.5, 0.6) is 0 Å². The fourth-order valence-electron chi connectivity index (χ4n) is 2.76. The summed E-state index contributed by atoms with van der Waals surface area (Å²) >= 11 is 0. The lowest BCUT2D eigenvalue weighted by Gasteiger charge is -2.21. The number of aliphatic carboxylic acids is 1. The van der Waals surface area contributed by atoms with E-state index < -0.39 is 18.0 Å². The summed E-state index contributed by atoms with van der Waals surface area (Å²) in [4.78, 5) is 23.0. The minimum atomic E-state index is -0.852.